The van der Waals surface area contributed by atoms with E-state index in [4.69, 9.17) is 14.9 Å². The van der Waals surface area contributed by atoms with Gasteiger partial charge in [-0.15, -0.1) is 0 Å². The first-order valence-electron chi connectivity index (χ1n) is 5.86. The highest BCUT2D eigenvalue weighted by Crippen LogP contribution is 2.03. The highest BCUT2D eigenvalue weighted by Gasteiger charge is 2.23. The van der Waals surface area contributed by atoms with Crippen LogP contribution < -0.4 is 0 Å². The van der Waals surface area contributed by atoms with Gasteiger partial charge in [-0.25, -0.2) is 0 Å². The van der Waals surface area contributed by atoms with Crippen LogP contribution in [0.4, 0.5) is 0 Å². The number of ether oxygens (including phenoxy) is 1. The molecule has 0 aliphatic carbocycles. The van der Waals surface area contributed by atoms with Crippen LogP contribution in [0.15, 0.2) is 0 Å². The van der Waals surface area contributed by atoms with Gasteiger partial charge in [0.15, 0.2) is 0 Å². The molecular weight excluding hydrogens is 212 g/mol. The number of unbranched alkanes of at least 4 members (excludes halogenated alkanes) is 3. The van der Waals surface area contributed by atoms with Gasteiger partial charge in [0, 0.05) is 6.61 Å². The van der Waals surface area contributed by atoms with Crippen molar-refractivity contribution in [2.24, 2.45) is 0 Å². The summed E-state index contributed by atoms with van der Waals surface area (Å²) >= 11 is 0. The molecule has 0 saturated carbocycles. The second-order valence-corrected chi connectivity index (χ2v) is 3.94. The van der Waals surface area contributed by atoms with Gasteiger partial charge in [0.2, 0.25) is 0 Å². The number of aliphatic hydroxyl groups is 4. The number of rotatable bonds is 10. The molecule has 0 rings (SSSR count). The van der Waals surface area contributed by atoms with E-state index in [1.165, 1.54) is 0 Å². The summed E-state index contributed by atoms with van der Waals surface area (Å²) in [5, 5.41) is 36.3. The maximum absolute atomic E-state index is 9.38. The van der Waals surface area contributed by atoms with Crippen molar-refractivity contribution < 1.29 is 25.2 Å². The van der Waals surface area contributed by atoms with Crippen LogP contribution in [0.3, 0.4) is 0 Å². The molecule has 0 bridgehead atoms. The van der Waals surface area contributed by atoms with E-state index in [1.807, 2.05) is 0 Å². The molecule has 0 aromatic carbocycles. The van der Waals surface area contributed by atoms with Crippen molar-refractivity contribution in [1.29, 1.82) is 0 Å². The van der Waals surface area contributed by atoms with Crippen LogP contribution in [0.1, 0.15) is 32.6 Å². The molecule has 0 aromatic rings. The van der Waals surface area contributed by atoms with Crippen LogP contribution >= 0.6 is 0 Å². The van der Waals surface area contributed by atoms with Gasteiger partial charge < -0.3 is 25.2 Å². The first-order valence-corrected chi connectivity index (χ1v) is 5.86. The van der Waals surface area contributed by atoms with E-state index >= 15 is 0 Å². The zero-order valence-corrected chi connectivity index (χ0v) is 9.88. The molecule has 0 aliphatic heterocycles. The molecule has 0 spiro atoms. The number of aliphatic hydroxyl groups excluding tert-OH is 4. The van der Waals surface area contributed by atoms with Crippen molar-refractivity contribution in [2.45, 2.75) is 50.9 Å². The van der Waals surface area contributed by atoms with E-state index in [2.05, 4.69) is 6.92 Å². The molecule has 98 valence electrons. The van der Waals surface area contributed by atoms with E-state index in [0.29, 0.717) is 6.61 Å². The minimum absolute atomic E-state index is 0.0235. The molecule has 3 unspecified atom stereocenters. The summed E-state index contributed by atoms with van der Waals surface area (Å²) in [7, 11) is 0. The lowest BCUT2D eigenvalue weighted by molar-refractivity contribution is -0.0997. The molecule has 5 nitrogen and oxygen atoms in total. The summed E-state index contributed by atoms with van der Waals surface area (Å²) in [6, 6.07) is 0. The topological polar surface area (TPSA) is 90.2 Å². The van der Waals surface area contributed by atoms with Crippen LogP contribution in [-0.2, 0) is 4.74 Å². The van der Waals surface area contributed by atoms with Crippen LogP contribution in [-0.4, -0.2) is 58.6 Å². The molecule has 16 heavy (non-hydrogen) atoms. The minimum atomic E-state index is -1.36. The van der Waals surface area contributed by atoms with Gasteiger partial charge in [0.1, 0.15) is 18.3 Å². The summed E-state index contributed by atoms with van der Waals surface area (Å²) in [6.45, 7) is 2.06. The Kier molecular flexibility index (Phi) is 9.86. The van der Waals surface area contributed by atoms with Crippen LogP contribution in [0.5, 0.6) is 0 Å². The van der Waals surface area contributed by atoms with Gasteiger partial charge >= 0.3 is 0 Å². The molecule has 0 heterocycles. The van der Waals surface area contributed by atoms with E-state index < -0.39 is 24.9 Å². The quantitative estimate of drug-likeness (QED) is 0.390. The third-order valence-corrected chi connectivity index (χ3v) is 2.41. The highest BCUT2D eigenvalue weighted by molar-refractivity contribution is 4.74. The molecule has 3 atom stereocenters. The van der Waals surface area contributed by atoms with Crippen molar-refractivity contribution in [3.63, 3.8) is 0 Å². The van der Waals surface area contributed by atoms with Crippen molar-refractivity contribution in [3.05, 3.63) is 0 Å². The molecule has 4 N–H and O–H groups in total. The van der Waals surface area contributed by atoms with Crippen molar-refractivity contribution in [1.82, 2.24) is 0 Å². The predicted octanol–water partition coefficient (Wildman–Crippen LogP) is -0.342. The van der Waals surface area contributed by atoms with Crippen LogP contribution in [0, 0.1) is 0 Å². The minimum Gasteiger partial charge on any atom is -0.394 e. The summed E-state index contributed by atoms with van der Waals surface area (Å²) in [5.74, 6) is 0. The zero-order valence-electron chi connectivity index (χ0n) is 9.88. The lowest BCUT2D eigenvalue weighted by atomic mass is 10.1. The fourth-order valence-corrected chi connectivity index (χ4v) is 1.30. The third-order valence-electron chi connectivity index (χ3n) is 2.41. The summed E-state index contributed by atoms with van der Waals surface area (Å²) in [5.41, 5.74) is 0. The lowest BCUT2D eigenvalue weighted by Crippen LogP contribution is -2.41. The largest absolute Gasteiger partial charge is 0.394 e. The normalized spacial score (nSPS) is 17.1. The van der Waals surface area contributed by atoms with Crippen molar-refractivity contribution >= 4 is 0 Å². The predicted molar refractivity (Wildman–Crippen MR) is 60.1 cm³/mol. The smallest absolute Gasteiger partial charge is 0.110 e. The third kappa shape index (κ3) is 7.14. The number of hydrogen-bond acceptors (Lipinski definition) is 5. The van der Waals surface area contributed by atoms with Crippen molar-refractivity contribution in [3.8, 4) is 0 Å². The molecular formula is C11H24O5. The zero-order chi connectivity index (χ0) is 12.4. The summed E-state index contributed by atoms with van der Waals surface area (Å²) in [4.78, 5) is 0. The Labute approximate surface area is 96.7 Å². The first kappa shape index (κ1) is 15.8. The van der Waals surface area contributed by atoms with Gasteiger partial charge in [0.25, 0.3) is 0 Å². The Hall–Kier alpha value is -0.200. The summed E-state index contributed by atoms with van der Waals surface area (Å²) < 4.78 is 5.16. The van der Waals surface area contributed by atoms with Gasteiger partial charge in [-0.2, -0.15) is 0 Å². The van der Waals surface area contributed by atoms with Crippen molar-refractivity contribution in [2.75, 3.05) is 19.8 Å². The van der Waals surface area contributed by atoms with E-state index in [-0.39, 0.29) is 6.61 Å². The first-order chi connectivity index (χ1) is 7.63. The van der Waals surface area contributed by atoms with Crippen LogP contribution in [0.2, 0.25) is 0 Å². The Morgan fingerprint density at radius 2 is 1.69 bits per heavy atom. The molecule has 0 amide bonds. The molecule has 0 fully saturated rings. The SMILES string of the molecule is CCCCCCOCC(O)C(O)C(O)CO. The standard InChI is InChI=1S/C11H24O5/c1-2-3-4-5-6-16-8-10(14)11(15)9(13)7-12/h9-15H,2-8H2,1H3. The van der Waals surface area contributed by atoms with E-state index in [0.717, 1.165) is 25.7 Å². The average Bonchev–Trinajstić information content (AvgIpc) is 2.31. The fraction of sp³-hybridized carbons (Fsp3) is 1.00. The Balaban J connectivity index is 3.45. The molecule has 5 heteroatoms. The molecule has 0 radical (unpaired) electrons. The second-order valence-electron chi connectivity index (χ2n) is 3.94. The van der Waals surface area contributed by atoms with Gasteiger partial charge in [0.05, 0.1) is 13.2 Å². The maximum Gasteiger partial charge on any atom is 0.110 e. The molecule has 0 saturated heterocycles. The van der Waals surface area contributed by atoms with E-state index in [9.17, 15) is 10.2 Å². The van der Waals surface area contributed by atoms with Gasteiger partial charge in [-0.05, 0) is 6.42 Å². The molecule has 0 aromatic heterocycles. The molecule has 0 aliphatic rings. The second kappa shape index (κ2) is 9.99. The summed E-state index contributed by atoms with van der Waals surface area (Å²) in [6.07, 6.45) is 0.503. The van der Waals surface area contributed by atoms with E-state index in [1.54, 1.807) is 0 Å². The Morgan fingerprint density at radius 1 is 1.00 bits per heavy atom. The lowest BCUT2D eigenvalue weighted by Gasteiger charge is -2.21. The van der Waals surface area contributed by atoms with Crippen LogP contribution in [0.25, 0.3) is 0 Å². The number of hydrogen-bond donors (Lipinski definition) is 4. The average molecular weight is 236 g/mol. The monoisotopic (exact) mass is 236 g/mol. The fourth-order valence-electron chi connectivity index (χ4n) is 1.30. The van der Waals surface area contributed by atoms with Gasteiger partial charge in [-0.3, -0.25) is 0 Å². The van der Waals surface area contributed by atoms with Gasteiger partial charge in [-0.1, -0.05) is 26.2 Å². The Bertz CT molecular complexity index is 153. The maximum atomic E-state index is 9.38. The Morgan fingerprint density at radius 3 is 2.25 bits per heavy atom. The highest BCUT2D eigenvalue weighted by atomic mass is 16.5.